The molecule has 0 saturated carbocycles. The van der Waals surface area contributed by atoms with Gasteiger partial charge >= 0.3 is 5.97 Å². The van der Waals surface area contributed by atoms with Gasteiger partial charge in [0.25, 0.3) is 0 Å². The third-order valence-corrected chi connectivity index (χ3v) is 6.31. The van der Waals surface area contributed by atoms with E-state index >= 15 is 0 Å². The number of fused-ring (bicyclic) bond motifs is 1. The number of aryl methyl sites for hydroxylation is 1. The summed E-state index contributed by atoms with van der Waals surface area (Å²) in [4.78, 5) is 17.6. The van der Waals surface area contributed by atoms with Crippen LogP contribution < -0.4 is 0 Å². The zero-order valence-corrected chi connectivity index (χ0v) is 17.4. The summed E-state index contributed by atoms with van der Waals surface area (Å²) in [6, 6.07) is 6.94. The Hall–Kier alpha value is -2.29. The quantitative estimate of drug-likeness (QED) is 0.568. The van der Waals surface area contributed by atoms with Crippen molar-refractivity contribution in [3.8, 4) is 0 Å². The fourth-order valence-electron chi connectivity index (χ4n) is 3.73. The van der Waals surface area contributed by atoms with E-state index in [1.54, 1.807) is 13.0 Å². The van der Waals surface area contributed by atoms with E-state index in [-0.39, 0.29) is 11.8 Å². The van der Waals surface area contributed by atoms with Crippen LogP contribution in [0.25, 0.3) is 10.1 Å². The number of thiophene rings is 1. The molecule has 154 valence electrons. The summed E-state index contributed by atoms with van der Waals surface area (Å²) in [7, 11) is 0. The van der Waals surface area contributed by atoms with E-state index in [2.05, 4.69) is 15.0 Å². The number of ether oxygens (including phenoxy) is 1. The van der Waals surface area contributed by atoms with Gasteiger partial charge in [-0.25, -0.2) is 9.18 Å². The van der Waals surface area contributed by atoms with E-state index < -0.39 is 0 Å². The monoisotopic (exact) mass is 417 g/mol. The highest BCUT2D eigenvalue weighted by Crippen LogP contribution is 2.35. The molecule has 1 aliphatic heterocycles. The molecule has 29 heavy (non-hydrogen) atoms. The predicted molar refractivity (Wildman–Crippen MR) is 110 cm³/mol. The molecule has 0 bridgehead atoms. The van der Waals surface area contributed by atoms with Gasteiger partial charge in [-0.05, 0) is 26.0 Å². The maximum Gasteiger partial charge on any atom is 0.348 e. The molecular formula is C21H24FN3O3S. The van der Waals surface area contributed by atoms with Crippen LogP contribution in [0, 0.1) is 12.7 Å². The molecule has 0 spiro atoms. The van der Waals surface area contributed by atoms with Gasteiger partial charge in [-0.2, -0.15) is 0 Å². The van der Waals surface area contributed by atoms with Crippen molar-refractivity contribution in [1.29, 1.82) is 0 Å². The number of benzene rings is 1. The van der Waals surface area contributed by atoms with E-state index in [1.165, 1.54) is 17.4 Å². The van der Waals surface area contributed by atoms with Crippen molar-refractivity contribution in [1.82, 2.24) is 15.0 Å². The number of nitrogens with zero attached hydrogens (tertiary/aromatic N) is 3. The lowest BCUT2D eigenvalue weighted by Crippen LogP contribution is -2.45. The Morgan fingerprint density at radius 3 is 2.62 bits per heavy atom. The minimum Gasteiger partial charge on any atom is -0.462 e. The zero-order valence-electron chi connectivity index (χ0n) is 16.6. The molecule has 0 radical (unpaired) electrons. The zero-order chi connectivity index (χ0) is 20.4. The van der Waals surface area contributed by atoms with E-state index in [9.17, 15) is 9.18 Å². The van der Waals surface area contributed by atoms with E-state index in [4.69, 9.17) is 9.26 Å². The van der Waals surface area contributed by atoms with Crippen molar-refractivity contribution >= 4 is 27.4 Å². The van der Waals surface area contributed by atoms with Crippen LogP contribution in [0.2, 0.25) is 0 Å². The number of hydrogen-bond acceptors (Lipinski definition) is 7. The second kappa shape index (κ2) is 8.61. The van der Waals surface area contributed by atoms with Crippen LogP contribution in [0.4, 0.5) is 4.39 Å². The van der Waals surface area contributed by atoms with Crippen LogP contribution in [0.15, 0.2) is 28.8 Å². The van der Waals surface area contributed by atoms with Crippen molar-refractivity contribution in [3.63, 3.8) is 0 Å². The Labute approximate surface area is 172 Å². The summed E-state index contributed by atoms with van der Waals surface area (Å²) >= 11 is 1.31. The van der Waals surface area contributed by atoms with Gasteiger partial charge in [-0.1, -0.05) is 11.2 Å². The highest BCUT2D eigenvalue weighted by molar-refractivity contribution is 7.21. The lowest BCUT2D eigenvalue weighted by Gasteiger charge is -2.34. The normalized spacial score (nSPS) is 15.8. The van der Waals surface area contributed by atoms with Gasteiger partial charge in [0.1, 0.15) is 16.5 Å². The SMILES string of the molecule is CCOC(=O)c1sc2cccc(F)c2c1CN1CCN(Cc2cc(C)on2)CC1. The van der Waals surface area contributed by atoms with Crippen molar-refractivity contribution < 1.29 is 18.4 Å². The van der Waals surface area contributed by atoms with Crippen molar-refractivity contribution in [3.05, 3.63) is 52.0 Å². The van der Waals surface area contributed by atoms with Crippen LogP contribution in [-0.4, -0.2) is 53.7 Å². The number of piperazine rings is 1. The maximum absolute atomic E-state index is 14.6. The second-order valence-electron chi connectivity index (χ2n) is 7.22. The molecule has 6 nitrogen and oxygen atoms in total. The summed E-state index contributed by atoms with van der Waals surface area (Å²) in [6.07, 6.45) is 0. The molecule has 0 N–H and O–H groups in total. The topological polar surface area (TPSA) is 58.8 Å². The molecule has 0 aliphatic carbocycles. The Morgan fingerprint density at radius 2 is 1.97 bits per heavy atom. The highest BCUT2D eigenvalue weighted by atomic mass is 32.1. The molecule has 0 atom stereocenters. The summed E-state index contributed by atoms with van der Waals surface area (Å²) in [5.74, 6) is 0.156. The smallest absolute Gasteiger partial charge is 0.348 e. The first-order chi connectivity index (χ1) is 14.0. The lowest BCUT2D eigenvalue weighted by atomic mass is 10.1. The number of hydrogen-bond donors (Lipinski definition) is 0. The minimum atomic E-state index is -0.372. The molecule has 1 aromatic carbocycles. The number of rotatable bonds is 6. The summed E-state index contributed by atoms with van der Waals surface area (Å²) < 4.78 is 25.7. The largest absolute Gasteiger partial charge is 0.462 e. The Bertz CT molecular complexity index is 1010. The molecule has 1 aliphatic rings. The Balaban J connectivity index is 1.49. The standard InChI is InChI=1S/C21H24FN3O3S/c1-3-27-21(26)20-16(19-17(22)5-4-6-18(19)29-20)13-25-9-7-24(8-10-25)12-15-11-14(2)28-23-15/h4-6,11H,3,7-10,12-13H2,1-2H3. The number of halogens is 1. The molecule has 1 fully saturated rings. The van der Waals surface area contributed by atoms with E-state index in [1.807, 2.05) is 19.1 Å². The van der Waals surface area contributed by atoms with Crippen molar-refractivity contribution in [2.24, 2.45) is 0 Å². The first-order valence-electron chi connectivity index (χ1n) is 9.79. The number of carbonyl (C=O) groups is 1. The molecule has 0 unspecified atom stereocenters. The fourth-order valence-corrected chi connectivity index (χ4v) is 4.85. The highest BCUT2D eigenvalue weighted by Gasteiger charge is 2.25. The predicted octanol–water partition coefficient (Wildman–Crippen LogP) is 3.83. The van der Waals surface area contributed by atoms with Gasteiger partial charge in [0.05, 0.1) is 12.3 Å². The van der Waals surface area contributed by atoms with Crippen LogP contribution in [0.5, 0.6) is 0 Å². The van der Waals surface area contributed by atoms with Gasteiger partial charge < -0.3 is 9.26 Å². The molecule has 3 aromatic rings. The Morgan fingerprint density at radius 1 is 1.24 bits per heavy atom. The first kappa shape index (κ1) is 20.0. The third-order valence-electron chi connectivity index (χ3n) is 5.13. The van der Waals surface area contributed by atoms with Crippen LogP contribution in [0.1, 0.15) is 33.6 Å². The molecule has 4 rings (SSSR count). The van der Waals surface area contributed by atoms with Crippen LogP contribution >= 0.6 is 11.3 Å². The van der Waals surface area contributed by atoms with Gasteiger partial charge in [0, 0.05) is 61.0 Å². The van der Waals surface area contributed by atoms with Gasteiger partial charge in [-0.15, -0.1) is 11.3 Å². The Kier molecular flexibility index (Phi) is 5.94. The second-order valence-corrected chi connectivity index (χ2v) is 8.28. The molecule has 8 heteroatoms. The van der Waals surface area contributed by atoms with Crippen molar-refractivity contribution in [2.45, 2.75) is 26.9 Å². The van der Waals surface area contributed by atoms with Gasteiger partial charge in [-0.3, -0.25) is 9.80 Å². The molecule has 0 amide bonds. The van der Waals surface area contributed by atoms with Crippen LogP contribution in [-0.2, 0) is 17.8 Å². The average molecular weight is 418 g/mol. The molecule has 3 heterocycles. The summed E-state index contributed by atoms with van der Waals surface area (Å²) in [5, 5.41) is 4.60. The van der Waals surface area contributed by atoms with Gasteiger partial charge in [0.15, 0.2) is 0 Å². The fraction of sp³-hybridized carbons (Fsp3) is 0.429. The molecule has 1 saturated heterocycles. The third kappa shape index (κ3) is 4.34. The van der Waals surface area contributed by atoms with Gasteiger partial charge in [0.2, 0.25) is 0 Å². The number of esters is 1. The number of aromatic nitrogens is 1. The lowest BCUT2D eigenvalue weighted by molar-refractivity contribution is 0.0529. The minimum absolute atomic E-state index is 0.288. The first-order valence-corrected chi connectivity index (χ1v) is 10.6. The average Bonchev–Trinajstić information content (AvgIpc) is 3.28. The van der Waals surface area contributed by atoms with E-state index in [0.29, 0.717) is 23.4 Å². The molecular weight excluding hydrogens is 393 g/mol. The summed E-state index contributed by atoms with van der Waals surface area (Å²) in [6.45, 7) is 8.70. The molecule has 2 aromatic heterocycles. The van der Waals surface area contributed by atoms with Crippen LogP contribution in [0.3, 0.4) is 0 Å². The van der Waals surface area contributed by atoms with Crippen molar-refractivity contribution in [2.75, 3.05) is 32.8 Å². The maximum atomic E-state index is 14.6. The number of carbonyl (C=O) groups excluding carboxylic acids is 1. The van der Waals surface area contributed by atoms with E-state index in [0.717, 1.165) is 54.4 Å². The summed E-state index contributed by atoms with van der Waals surface area (Å²) in [5.41, 5.74) is 1.67.